The van der Waals surface area contributed by atoms with Gasteiger partial charge in [0.25, 0.3) is 5.91 Å². The molecule has 0 bridgehead atoms. The number of rotatable bonds is 6. The molecule has 1 aliphatic rings. The van der Waals surface area contributed by atoms with Crippen LogP contribution in [-0.4, -0.2) is 26.2 Å². The number of nitrogens with one attached hydrogen (secondary N) is 1. The van der Waals surface area contributed by atoms with Gasteiger partial charge >= 0.3 is 0 Å². The highest BCUT2D eigenvalue weighted by molar-refractivity contribution is 6.08. The molecule has 0 aromatic heterocycles. The summed E-state index contributed by atoms with van der Waals surface area (Å²) in [7, 11) is 3.06. The van der Waals surface area contributed by atoms with Gasteiger partial charge in [-0.25, -0.2) is 0 Å². The molecule has 0 saturated heterocycles. The molecule has 132 valence electrons. The topological polar surface area (TPSA) is 56.8 Å². The number of benzene rings is 2. The minimum absolute atomic E-state index is 0.279. The van der Waals surface area contributed by atoms with Gasteiger partial charge in [0.05, 0.1) is 20.3 Å². The predicted octanol–water partition coefficient (Wildman–Crippen LogP) is 4.28. The van der Waals surface area contributed by atoms with E-state index in [1.165, 1.54) is 27.1 Å². The minimum Gasteiger partial charge on any atom is -0.496 e. The lowest BCUT2D eigenvalue weighted by atomic mass is 10.1. The van der Waals surface area contributed by atoms with E-state index in [4.69, 9.17) is 14.2 Å². The SMILES string of the molecule is COc1cccc(OC)c1C(=O)Nc1ccc(OC2CCCC2)cc1. The first-order chi connectivity index (χ1) is 12.2. The van der Waals surface area contributed by atoms with E-state index in [9.17, 15) is 4.79 Å². The Balaban J connectivity index is 1.71. The van der Waals surface area contributed by atoms with Crippen LogP contribution in [0.4, 0.5) is 5.69 Å². The highest BCUT2D eigenvalue weighted by Crippen LogP contribution is 2.29. The summed E-state index contributed by atoms with van der Waals surface area (Å²) in [6.45, 7) is 0. The van der Waals surface area contributed by atoms with Crippen LogP contribution in [0.5, 0.6) is 17.2 Å². The van der Waals surface area contributed by atoms with Crippen molar-refractivity contribution in [2.24, 2.45) is 0 Å². The molecule has 3 rings (SSSR count). The molecule has 1 saturated carbocycles. The maximum atomic E-state index is 12.6. The van der Waals surface area contributed by atoms with Crippen molar-refractivity contribution >= 4 is 11.6 Å². The van der Waals surface area contributed by atoms with Gasteiger partial charge in [0.15, 0.2) is 0 Å². The maximum absolute atomic E-state index is 12.6. The largest absolute Gasteiger partial charge is 0.496 e. The average Bonchev–Trinajstić information content (AvgIpc) is 3.15. The lowest BCUT2D eigenvalue weighted by Crippen LogP contribution is -2.15. The zero-order valence-electron chi connectivity index (χ0n) is 14.6. The zero-order valence-corrected chi connectivity index (χ0v) is 14.6. The van der Waals surface area contributed by atoms with Crippen molar-refractivity contribution in [2.75, 3.05) is 19.5 Å². The summed E-state index contributed by atoms with van der Waals surface area (Å²) in [4.78, 5) is 12.6. The summed E-state index contributed by atoms with van der Waals surface area (Å²) >= 11 is 0. The normalized spacial score (nSPS) is 14.2. The molecule has 5 heteroatoms. The quantitative estimate of drug-likeness (QED) is 0.852. The predicted molar refractivity (Wildman–Crippen MR) is 96.8 cm³/mol. The van der Waals surface area contributed by atoms with Gasteiger partial charge in [0.1, 0.15) is 22.8 Å². The van der Waals surface area contributed by atoms with E-state index < -0.39 is 0 Å². The third kappa shape index (κ3) is 4.05. The fourth-order valence-corrected chi connectivity index (χ4v) is 3.08. The van der Waals surface area contributed by atoms with Crippen molar-refractivity contribution in [3.63, 3.8) is 0 Å². The zero-order chi connectivity index (χ0) is 17.6. The fourth-order valence-electron chi connectivity index (χ4n) is 3.08. The van der Waals surface area contributed by atoms with E-state index >= 15 is 0 Å². The van der Waals surface area contributed by atoms with Crippen molar-refractivity contribution in [1.82, 2.24) is 0 Å². The van der Waals surface area contributed by atoms with Crippen LogP contribution in [-0.2, 0) is 0 Å². The number of amides is 1. The second kappa shape index (κ2) is 7.92. The number of anilines is 1. The number of ether oxygens (including phenoxy) is 3. The van der Waals surface area contributed by atoms with Crippen LogP contribution in [0.15, 0.2) is 42.5 Å². The molecule has 0 spiro atoms. The summed E-state index contributed by atoms with van der Waals surface area (Å²) in [6, 6.07) is 12.7. The number of methoxy groups -OCH3 is 2. The molecule has 0 atom stereocenters. The summed E-state index contributed by atoms with van der Waals surface area (Å²) in [5.74, 6) is 1.50. The molecule has 1 aliphatic carbocycles. The molecule has 2 aromatic rings. The van der Waals surface area contributed by atoms with Crippen LogP contribution in [0.25, 0.3) is 0 Å². The Hall–Kier alpha value is -2.69. The van der Waals surface area contributed by atoms with Crippen LogP contribution in [0.2, 0.25) is 0 Å². The lowest BCUT2D eigenvalue weighted by Gasteiger charge is -2.15. The third-order valence-electron chi connectivity index (χ3n) is 4.37. The van der Waals surface area contributed by atoms with Gasteiger partial charge in [-0.3, -0.25) is 4.79 Å². The molecular weight excluding hydrogens is 318 g/mol. The van der Waals surface area contributed by atoms with Crippen LogP contribution in [0.3, 0.4) is 0 Å². The highest BCUT2D eigenvalue weighted by atomic mass is 16.5. The number of hydrogen-bond acceptors (Lipinski definition) is 4. The first kappa shape index (κ1) is 17.1. The summed E-state index contributed by atoms with van der Waals surface area (Å²) in [5, 5.41) is 2.87. The molecule has 1 N–H and O–H groups in total. The molecular formula is C20H23NO4. The Bertz CT molecular complexity index is 699. The van der Waals surface area contributed by atoms with Crippen LogP contribution in [0.1, 0.15) is 36.0 Å². The van der Waals surface area contributed by atoms with Gasteiger partial charge < -0.3 is 19.5 Å². The van der Waals surface area contributed by atoms with Gasteiger partial charge in [-0.1, -0.05) is 6.07 Å². The molecule has 1 amide bonds. The summed E-state index contributed by atoms with van der Waals surface area (Å²) in [5.41, 5.74) is 1.07. The number of carbonyl (C=O) groups is 1. The Morgan fingerprint density at radius 1 is 0.960 bits per heavy atom. The Labute approximate surface area is 147 Å². The monoisotopic (exact) mass is 341 g/mol. The van der Waals surface area contributed by atoms with Crippen molar-refractivity contribution in [2.45, 2.75) is 31.8 Å². The van der Waals surface area contributed by atoms with Gasteiger partial charge in [-0.2, -0.15) is 0 Å². The van der Waals surface area contributed by atoms with Crippen molar-refractivity contribution in [1.29, 1.82) is 0 Å². The van der Waals surface area contributed by atoms with Gasteiger partial charge in [-0.15, -0.1) is 0 Å². The Morgan fingerprint density at radius 3 is 2.12 bits per heavy atom. The second-order valence-corrected chi connectivity index (χ2v) is 6.04. The minimum atomic E-state index is -0.279. The second-order valence-electron chi connectivity index (χ2n) is 6.04. The first-order valence-electron chi connectivity index (χ1n) is 8.50. The van der Waals surface area contributed by atoms with E-state index in [-0.39, 0.29) is 5.91 Å². The molecule has 2 aromatic carbocycles. The van der Waals surface area contributed by atoms with Gasteiger partial charge in [0.2, 0.25) is 0 Å². The molecule has 0 aliphatic heterocycles. The standard InChI is InChI=1S/C20H23NO4/c1-23-17-8-5-9-18(24-2)19(17)20(22)21-14-10-12-16(13-11-14)25-15-6-3-4-7-15/h5,8-13,15H,3-4,6-7H2,1-2H3,(H,21,22). The molecule has 0 unspecified atom stereocenters. The van der Waals surface area contributed by atoms with E-state index in [1.54, 1.807) is 18.2 Å². The van der Waals surface area contributed by atoms with Crippen molar-refractivity contribution in [3.05, 3.63) is 48.0 Å². The third-order valence-corrected chi connectivity index (χ3v) is 4.37. The molecule has 5 nitrogen and oxygen atoms in total. The molecule has 1 fully saturated rings. The van der Waals surface area contributed by atoms with Crippen LogP contribution < -0.4 is 19.5 Å². The van der Waals surface area contributed by atoms with E-state index in [2.05, 4.69) is 5.32 Å². The molecule has 0 heterocycles. The Morgan fingerprint density at radius 2 is 1.56 bits per heavy atom. The molecule has 0 radical (unpaired) electrons. The molecule has 25 heavy (non-hydrogen) atoms. The number of carbonyl (C=O) groups excluding carboxylic acids is 1. The Kier molecular flexibility index (Phi) is 5.43. The van der Waals surface area contributed by atoms with Crippen LogP contribution in [0, 0.1) is 0 Å². The van der Waals surface area contributed by atoms with Gasteiger partial charge in [-0.05, 0) is 62.1 Å². The summed E-state index contributed by atoms with van der Waals surface area (Å²) < 4.78 is 16.5. The first-order valence-corrected chi connectivity index (χ1v) is 8.50. The highest BCUT2D eigenvalue weighted by Gasteiger charge is 2.19. The van der Waals surface area contributed by atoms with E-state index in [0.717, 1.165) is 18.6 Å². The smallest absolute Gasteiger partial charge is 0.263 e. The van der Waals surface area contributed by atoms with Crippen molar-refractivity contribution < 1.29 is 19.0 Å². The van der Waals surface area contributed by atoms with Crippen molar-refractivity contribution in [3.8, 4) is 17.2 Å². The summed E-state index contributed by atoms with van der Waals surface area (Å²) in [6.07, 6.45) is 5.02. The fraction of sp³-hybridized carbons (Fsp3) is 0.350. The van der Waals surface area contributed by atoms with E-state index in [0.29, 0.717) is 28.9 Å². The van der Waals surface area contributed by atoms with Crippen LogP contribution >= 0.6 is 0 Å². The maximum Gasteiger partial charge on any atom is 0.263 e. The average molecular weight is 341 g/mol. The lowest BCUT2D eigenvalue weighted by molar-refractivity contribution is 0.102. The number of hydrogen-bond donors (Lipinski definition) is 1. The van der Waals surface area contributed by atoms with E-state index in [1.807, 2.05) is 24.3 Å². The van der Waals surface area contributed by atoms with Gasteiger partial charge in [0, 0.05) is 5.69 Å².